The number of hydrazone groups is 1. The third kappa shape index (κ3) is 5.65. The SMILES string of the molecule is COCc1cc(C)nc(NN=Cc2cc(Br)c(OCc3cccc4ccccc34)c(OC)c2)c1C#N. The lowest BCUT2D eigenvalue weighted by Crippen LogP contribution is -2.04. The minimum atomic E-state index is 0.315. The highest BCUT2D eigenvalue weighted by atomic mass is 79.9. The van der Waals surface area contributed by atoms with E-state index in [1.165, 1.54) is 5.39 Å². The molecular weight excluding hydrogens is 520 g/mol. The number of hydrogen-bond donors (Lipinski definition) is 1. The molecule has 0 saturated carbocycles. The Labute approximate surface area is 218 Å². The highest BCUT2D eigenvalue weighted by molar-refractivity contribution is 9.10. The molecule has 36 heavy (non-hydrogen) atoms. The van der Waals surface area contributed by atoms with Gasteiger partial charge in [-0.15, -0.1) is 0 Å². The zero-order chi connectivity index (χ0) is 25.5. The van der Waals surface area contributed by atoms with Crippen LogP contribution in [-0.4, -0.2) is 25.4 Å². The summed E-state index contributed by atoms with van der Waals surface area (Å²) in [7, 11) is 3.18. The summed E-state index contributed by atoms with van der Waals surface area (Å²) in [5, 5.41) is 16.2. The van der Waals surface area contributed by atoms with E-state index in [2.05, 4.69) is 61.8 Å². The number of nitrogens with one attached hydrogen (secondary N) is 1. The Hall–Kier alpha value is -3.93. The van der Waals surface area contributed by atoms with E-state index in [9.17, 15) is 5.26 Å². The number of nitrogens with zero attached hydrogens (tertiary/aromatic N) is 3. The summed E-state index contributed by atoms with van der Waals surface area (Å²) in [6, 6.07) is 22.1. The molecule has 7 nitrogen and oxygen atoms in total. The number of aryl methyl sites for hydroxylation is 1. The van der Waals surface area contributed by atoms with Crippen LogP contribution in [0, 0.1) is 18.3 Å². The van der Waals surface area contributed by atoms with Crippen molar-refractivity contribution in [2.75, 3.05) is 19.6 Å². The molecule has 0 aliphatic rings. The standard InChI is InChI=1S/C28H25BrN4O3/c1-18-11-22(16-34-2)24(14-30)28(32-18)33-31-15-19-12-25(29)27(26(13-19)35-3)36-17-21-9-6-8-20-7-4-5-10-23(20)21/h4-13,15H,16-17H2,1-3H3,(H,32,33). The monoisotopic (exact) mass is 544 g/mol. The Morgan fingerprint density at radius 3 is 2.64 bits per heavy atom. The molecule has 0 spiro atoms. The number of benzene rings is 3. The summed E-state index contributed by atoms with van der Waals surface area (Å²) in [5.74, 6) is 1.55. The van der Waals surface area contributed by atoms with Gasteiger partial charge in [-0.2, -0.15) is 10.4 Å². The number of anilines is 1. The van der Waals surface area contributed by atoms with Crippen LogP contribution in [0.2, 0.25) is 0 Å². The Morgan fingerprint density at radius 2 is 1.86 bits per heavy atom. The maximum Gasteiger partial charge on any atom is 0.175 e. The van der Waals surface area contributed by atoms with Crippen molar-refractivity contribution in [1.82, 2.24) is 4.98 Å². The maximum absolute atomic E-state index is 9.59. The normalized spacial score (nSPS) is 11.0. The van der Waals surface area contributed by atoms with Gasteiger partial charge in [0.1, 0.15) is 18.2 Å². The Morgan fingerprint density at radius 1 is 1.06 bits per heavy atom. The van der Waals surface area contributed by atoms with Gasteiger partial charge in [0.25, 0.3) is 0 Å². The van der Waals surface area contributed by atoms with Crippen molar-refractivity contribution in [1.29, 1.82) is 5.26 Å². The molecule has 182 valence electrons. The molecule has 1 aromatic heterocycles. The first-order valence-electron chi connectivity index (χ1n) is 11.2. The fourth-order valence-electron chi connectivity index (χ4n) is 3.91. The number of fused-ring (bicyclic) bond motifs is 1. The molecule has 0 atom stereocenters. The van der Waals surface area contributed by atoms with Crippen LogP contribution in [0.3, 0.4) is 0 Å². The molecule has 0 aliphatic heterocycles. The molecular formula is C28H25BrN4O3. The predicted octanol–water partition coefficient (Wildman–Crippen LogP) is 6.36. The first-order valence-corrected chi connectivity index (χ1v) is 12.0. The lowest BCUT2D eigenvalue weighted by atomic mass is 10.1. The number of methoxy groups -OCH3 is 2. The van der Waals surface area contributed by atoms with Crippen molar-refractivity contribution < 1.29 is 14.2 Å². The fraction of sp³-hybridized carbons (Fsp3) is 0.179. The second-order valence-corrected chi connectivity index (χ2v) is 8.88. The molecule has 0 fully saturated rings. The number of hydrogen-bond acceptors (Lipinski definition) is 7. The fourth-order valence-corrected chi connectivity index (χ4v) is 4.48. The minimum Gasteiger partial charge on any atom is -0.493 e. The highest BCUT2D eigenvalue weighted by Crippen LogP contribution is 2.37. The first-order chi connectivity index (χ1) is 17.5. The lowest BCUT2D eigenvalue weighted by molar-refractivity contribution is 0.184. The molecule has 1 heterocycles. The molecule has 4 rings (SSSR count). The molecule has 8 heteroatoms. The predicted molar refractivity (Wildman–Crippen MR) is 145 cm³/mol. The van der Waals surface area contributed by atoms with E-state index < -0.39 is 0 Å². The van der Waals surface area contributed by atoms with Crippen LogP contribution in [-0.2, 0) is 18.0 Å². The quantitative estimate of drug-likeness (QED) is 0.195. The number of nitriles is 1. The summed E-state index contributed by atoms with van der Waals surface area (Å²) in [4.78, 5) is 4.40. The van der Waals surface area contributed by atoms with Gasteiger partial charge >= 0.3 is 0 Å². The van der Waals surface area contributed by atoms with Gasteiger partial charge in [-0.1, -0.05) is 42.5 Å². The van der Waals surface area contributed by atoms with E-state index >= 15 is 0 Å². The molecule has 0 amide bonds. The minimum absolute atomic E-state index is 0.315. The van der Waals surface area contributed by atoms with Gasteiger partial charge < -0.3 is 14.2 Å². The lowest BCUT2D eigenvalue weighted by Gasteiger charge is -2.14. The topological polar surface area (TPSA) is 88.8 Å². The van der Waals surface area contributed by atoms with Crippen LogP contribution in [0.4, 0.5) is 5.82 Å². The van der Waals surface area contributed by atoms with Gasteiger partial charge in [-0.25, -0.2) is 4.98 Å². The second kappa shape index (κ2) is 11.7. The van der Waals surface area contributed by atoms with E-state index in [1.54, 1.807) is 20.4 Å². The molecule has 0 unspecified atom stereocenters. The molecule has 0 radical (unpaired) electrons. The number of ether oxygens (including phenoxy) is 3. The molecule has 3 aromatic carbocycles. The summed E-state index contributed by atoms with van der Waals surface area (Å²) in [5.41, 5.74) is 6.65. The van der Waals surface area contributed by atoms with Crippen LogP contribution >= 0.6 is 15.9 Å². The number of halogens is 1. The number of rotatable bonds is 9. The van der Waals surface area contributed by atoms with Crippen LogP contribution in [0.15, 0.2) is 70.2 Å². The molecule has 1 N–H and O–H groups in total. The third-order valence-corrected chi connectivity index (χ3v) is 6.12. The van der Waals surface area contributed by atoms with Crippen LogP contribution < -0.4 is 14.9 Å². The van der Waals surface area contributed by atoms with Gasteiger partial charge in [0, 0.05) is 18.4 Å². The maximum atomic E-state index is 9.59. The zero-order valence-electron chi connectivity index (χ0n) is 20.2. The summed E-state index contributed by atoms with van der Waals surface area (Å²) >= 11 is 3.60. The summed E-state index contributed by atoms with van der Waals surface area (Å²) in [6.45, 7) is 2.56. The van der Waals surface area contributed by atoms with Crippen molar-refractivity contribution in [3.8, 4) is 17.6 Å². The van der Waals surface area contributed by atoms with Crippen molar-refractivity contribution >= 4 is 38.7 Å². The van der Waals surface area contributed by atoms with Crippen LogP contribution in [0.25, 0.3) is 10.8 Å². The van der Waals surface area contributed by atoms with Crippen LogP contribution in [0.1, 0.15) is 27.9 Å². The largest absolute Gasteiger partial charge is 0.493 e. The van der Waals surface area contributed by atoms with Crippen molar-refractivity contribution in [2.24, 2.45) is 5.10 Å². The summed E-state index contributed by atoms with van der Waals surface area (Å²) < 4.78 is 17.7. The Kier molecular flexibility index (Phi) is 8.16. The van der Waals surface area contributed by atoms with Gasteiger partial charge in [0.15, 0.2) is 17.3 Å². The van der Waals surface area contributed by atoms with Crippen LogP contribution in [0.5, 0.6) is 11.5 Å². The molecule has 0 bridgehead atoms. The second-order valence-electron chi connectivity index (χ2n) is 8.02. The zero-order valence-corrected chi connectivity index (χ0v) is 21.8. The van der Waals surface area contributed by atoms with E-state index in [4.69, 9.17) is 14.2 Å². The average Bonchev–Trinajstić information content (AvgIpc) is 2.88. The van der Waals surface area contributed by atoms with Crippen molar-refractivity contribution in [3.05, 3.63) is 93.1 Å². The Bertz CT molecular complexity index is 1460. The van der Waals surface area contributed by atoms with Gasteiger partial charge in [0.2, 0.25) is 0 Å². The van der Waals surface area contributed by atoms with Gasteiger partial charge in [-0.3, -0.25) is 5.43 Å². The van der Waals surface area contributed by atoms with Crippen molar-refractivity contribution in [3.63, 3.8) is 0 Å². The van der Waals surface area contributed by atoms with Gasteiger partial charge in [-0.05, 0) is 63.0 Å². The number of pyridine rings is 1. The third-order valence-electron chi connectivity index (χ3n) is 5.53. The highest BCUT2D eigenvalue weighted by Gasteiger charge is 2.13. The van der Waals surface area contributed by atoms with Gasteiger partial charge in [0.05, 0.1) is 24.4 Å². The molecule has 0 aliphatic carbocycles. The van der Waals surface area contributed by atoms with E-state index in [0.29, 0.717) is 36.1 Å². The molecule has 0 saturated heterocycles. The average molecular weight is 545 g/mol. The van der Waals surface area contributed by atoms with E-state index in [1.807, 2.05) is 43.3 Å². The smallest absolute Gasteiger partial charge is 0.175 e. The van der Waals surface area contributed by atoms with Crippen molar-refractivity contribution in [2.45, 2.75) is 20.1 Å². The molecule has 4 aromatic rings. The first kappa shape index (κ1) is 25.2. The van der Waals surface area contributed by atoms with E-state index in [0.717, 1.165) is 32.2 Å². The Balaban J connectivity index is 1.53. The number of aromatic nitrogens is 1. The van der Waals surface area contributed by atoms with E-state index in [-0.39, 0.29) is 0 Å². The summed E-state index contributed by atoms with van der Waals surface area (Å²) in [6.07, 6.45) is 1.63.